The molecule has 1 aliphatic heterocycles. The summed E-state index contributed by atoms with van der Waals surface area (Å²) in [7, 11) is 1.95. The minimum Gasteiger partial charge on any atom is -0.368 e. The Morgan fingerprint density at radius 2 is 1.55 bits per heavy atom. The summed E-state index contributed by atoms with van der Waals surface area (Å²) < 4.78 is 55.3. The number of benzene rings is 3. The second kappa shape index (κ2) is 11.8. The first-order valence-corrected chi connectivity index (χ1v) is 12.4. The second-order valence-electron chi connectivity index (χ2n) is 8.96. The Labute approximate surface area is 223 Å². The number of hydrogen-bond acceptors (Lipinski definition) is 4. The largest absolute Gasteiger partial charge is 0.418 e. The van der Waals surface area contributed by atoms with Gasteiger partial charge in [-0.15, -0.1) is 0 Å². The molecule has 1 saturated heterocycles. The van der Waals surface area contributed by atoms with Crippen molar-refractivity contribution < 1.29 is 22.4 Å². The Hall–Kier alpha value is -3.70. The number of piperazine rings is 1. The summed E-state index contributed by atoms with van der Waals surface area (Å²) in [6.07, 6.45) is -4.48. The van der Waals surface area contributed by atoms with E-state index >= 15 is 0 Å². The van der Waals surface area contributed by atoms with Gasteiger partial charge in [-0.25, -0.2) is 4.39 Å². The van der Waals surface area contributed by atoms with E-state index in [0.717, 1.165) is 6.07 Å². The maximum absolute atomic E-state index is 13.8. The van der Waals surface area contributed by atoms with Crippen LogP contribution in [0.25, 0.3) is 0 Å². The van der Waals surface area contributed by atoms with E-state index in [9.17, 15) is 22.4 Å². The highest BCUT2D eigenvalue weighted by Gasteiger charge is 2.35. The molecule has 0 radical (unpaired) electrons. The molecule has 1 heterocycles. The number of carbonyl (C=O) groups excluding carboxylic acids is 1. The van der Waals surface area contributed by atoms with Gasteiger partial charge in [0.05, 0.1) is 11.1 Å². The third-order valence-corrected chi connectivity index (χ3v) is 6.43. The van der Waals surface area contributed by atoms with Crippen LogP contribution in [0.2, 0.25) is 0 Å². The standard InChI is InChI=1S/C27H27F4N5OS/c1-35-12-14-36(15-13-35)24-11-6-18(16-22(24)27(29,30)31)17-32-26(38)34-20-9-7-19(8-10-20)33-25(37)21-4-2-3-5-23(21)28/h2-11,16H,12-15,17H2,1H3,(H,33,37)(H2,32,34,38). The van der Waals surface area contributed by atoms with Gasteiger partial charge in [-0.05, 0) is 73.4 Å². The number of likely N-dealkylation sites (N-methyl/N-ethyl adjacent to an activating group) is 1. The average molecular weight is 546 g/mol. The molecule has 0 saturated carbocycles. The van der Waals surface area contributed by atoms with Crippen molar-refractivity contribution in [3.63, 3.8) is 0 Å². The highest BCUT2D eigenvalue weighted by molar-refractivity contribution is 7.80. The maximum Gasteiger partial charge on any atom is 0.418 e. The molecule has 11 heteroatoms. The van der Waals surface area contributed by atoms with Gasteiger partial charge < -0.3 is 25.8 Å². The molecule has 1 aliphatic rings. The van der Waals surface area contributed by atoms with Crippen molar-refractivity contribution >= 4 is 40.3 Å². The predicted molar refractivity (Wildman–Crippen MR) is 145 cm³/mol. The molecule has 3 aromatic rings. The van der Waals surface area contributed by atoms with Gasteiger partial charge in [-0.1, -0.05) is 18.2 Å². The number of rotatable bonds is 6. The van der Waals surface area contributed by atoms with Crippen molar-refractivity contribution in [1.82, 2.24) is 10.2 Å². The monoisotopic (exact) mass is 545 g/mol. The van der Waals surface area contributed by atoms with Crippen LogP contribution in [0.5, 0.6) is 0 Å². The van der Waals surface area contributed by atoms with Crippen LogP contribution in [0.3, 0.4) is 0 Å². The van der Waals surface area contributed by atoms with Crippen molar-refractivity contribution in [2.24, 2.45) is 0 Å². The zero-order valence-electron chi connectivity index (χ0n) is 20.6. The third-order valence-electron chi connectivity index (χ3n) is 6.18. The molecule has 200 valence electrons. The molecule has 0 aromatic heterocycles. The van der Waals surface area contributed by atoms with Gasteiger partial charge in [0.15, 0.2) is 5.11 Å². The summed E-state index contributed by atoms with van der Waals surface area (Å²) in [6.45, 7) is 2.60. The molecule has 0 aliphatic carbocycles. The molecule has 0 atom stereocenters. The summed E-state index contributed by atoms with van der Waals surface area (Å²) in [5, 5.41) is 8.73. The van der Waals surface area contributed by atoms with Crippen molar-refractivity contribution in [3.05, 3.63) is 89.2 Å². The van der Waals surface area contributed by atoms with Crippen LogP contribution in [0.1, 0.15) is 21.5 Å². The Morgan fingerprint density at radius 3 is 2.18 bits per heavy atom. The first kappa shape index (κ1) is 27.3. The van der Waals surface area contributed by atoms with Crippen LogP contribution in [-0.4, -0.2) is 49.1 Å². The van der Waals surface area contributed by atoms with Crippen LogP contribution in [0, 0.1) is 5.82 Å². The highest BCUT2D eigenvalue weighted by atomic mass is 32.1. The Kier molecular flexibility index (Phi) is 8.48. The van der Waals surface area contributed by atoms with E-state index in [-0.39, 0.29) is 22.9 Å². The fourth-order valence-corrected chi connectivity index (χ4v) is 4.27. The molecule has 0 unspecified atom stereocenters. The Balaban J connectivity index is 1.34. The zero-order chi connectivity index (χ0) is 27.3. The van der Waals surface area contributed by atoms with Crippen molar-refractivity contribution in [3.8, 4) is 0 Å². The van der Waals surface area contributed by atoms with E-state index in [1.54, 1.807) is 41.3 Å². The summed E-state index contributed by atoms with van der Waals surface area (Å²) >= 11 is 5.29. The predicted octanol–water partition coefficient (Wildman–Crippen LogP) is 5.34. The lowest BCUT2D eigenvalue weighted by Crippen LogP contribution is -2.45. The molecule has 6 nitrogen and oxygen atoms in total. The van der Waals surface area contributed by atoms with E-state index in [0.29, 0.717) is 43.1 Å². The number of alkyl halides is 3. The van der Waals surface area contributed by atoms with Gasteiger partial charge in [-0.2, -0.15) is 13.2 Å². The number of nitrogens with one attached hydrogen (secondary N) is 3. The van der Waals surface area contributed by atoms with Crippen LogP contribution in [-0.2, 0) is 12.7 Å². The molecular formula is C27H27F4N5OS. The Bertz CT molecular complexity index is 1290. The summed E-state index contributed by atoms with van der Waals surface area (Å²) in [6, 6.07) is 16.6. The lowest BCUT2D eigenvalue weighted by molar-refractivity contribution is -0.137. The fourth-order valence-electron chi connectivity index (χ4n) is 4.08. The van der Waals surface area contributed by atoms with E-state index in [1.165, 1.54) is 24.3 Å². The van der Waals surface area contributed by atoms with Crippen molar-refractivity contribution in [2.75, 3.05) is 48.8 Å². The van der Waals surface area contributed by atoms with Crippen LogP contribution >= 0.6 is 12.2 Å². The molecule has 0 spiro atoms. The normalized spacial score (nSPS) is 14.2. The summed E-state index contributed by atoms with van der Waals surface area (Å²) in [5.41, 5.74) is 0.983. The lowest BCUT2D eigenvalue weighted by atomic mass is 10.1. The number of amides is 1. The van der Waals surface area contributed by atoms with Gasteiger partial charge in [0.25, 0.3) is 5.91 Å². The second-order valence-corrected chi connectivity index (χ2v) is 9.37. The van der Waals surface area contributed by atoms with Crippen molar-refractivity contribution in [2.45, 2.75) is 12.7 Å². The van der Waals surface area contributed by atoms with E-state index in [2.05, 4.69) is 20.9 Å². The number of thiocarbonyl (C=S) groups is 1. The van der Waals surface area contributed by atoms with Gasteiger partial charge in [-0.3, -0.25) is 4.79 Å². The zero-order valence-corrected chi connectivity index (χ0v) is 21.4. The molecule has 3 N–H and O–H groups in total. The SMILES string of the molecule is CN1CCN(c2ccc(CNC(=S)Nc3ccc(NC(=O)c4ccccc4F)cc3)cc2C(F)(F)F)CC1. The number of nitrogens with zero attached hydrogens (tertiary/aromatic N) is 2. The highest BCUT2D eigenvalue weighted by Crippen LogP contribution is 2.37. The molecule has 3 aromatic carbocycles. The maximum atomic E-state index is 13.8. The first-order valence-electron chi connectivity index (χ1n) is 11.9. The van der Waals surface area contributed by atoms with Gasteiger partial charge in [0.1, 0.15) is 5.82 Å². The molecule has 0 bridgehead atoms. The lowest BCUT2D eigenvalue weighted by Gasteiger charge is -2.35. The molecule has 4 rings (SSSR count). The van der Waals surface area contributed by atoms with Crippen molar-refractivity contribution in [1.29, 1.82) is 0 Å². The number of anilines is 3. The molecular weight excluding hydrogens is 518 g/mol. The van der Waals surface area contributed by atoms with Crippen LogP contribution < -0.4 is 20.9 Å². The fraction of sp³-hybridized carbons (Fsp3) is 0.259. The van der Waals surface area contributed by atoms with Gasteiger partial charge in [0.2, 0.25) is 0 Å². The number of carbonyl (C=O) groups is 1. The number of hydrogen-bond donors (Lipinski definition) is 3. The third kappa shape index (κ3) is 6.99. The number of halogens is 4. The molecule has 1 amide bonds. The molecule has 1 fully saturated rings. The van der Waals surface area contributed by atoms with Gasteiger partial charge in [0, 0.05) is 49.8 Å². The summed E-state index contributed by atoms with van der Waals surface area (Å²) in [4.78, 5) is 16.1. The van der Waals surface area contributed by atoms with Crippen LogP contribution in [0.4, 0.5) is 34.6 Å². The first-order chi connectivity index (χ1) is 18.1. The molecule has 38 heavy (non-hydrogen) atoms. The van der Waals surface area contributed by atoms with E-state index in [1.807, 2.05) is 7.05 Å². The smallest absolute Gasteiger partial charge is 0.368 e. The topological polar surface area (TPSA) is 59.6 Å². The summed E-state index contributed by atoms with van der Waals surface area (Å²) in [5.74, 6) is -1.19. The minimum atomic E-state index is -4.48. The quantitative estimate of drug-likeness (QED) is 0.288. The minimum absolute atomic E-state index is 0.0645. The van der Waals surface area contributed by atoms with Crippen LogP contribution in [0.15, 0.2) is 66.7 Å². The van der Waals surface area contributed by atoms with E-state index in [4.69, 9.17) is 12.2 Å². The van der Waals surface area contributed by atoms with E-state index < -0.39 is 23.5 Å². The van der Waals surface area contributed by atoms with Gasteiger partial charge >= 0.3 is 6.18 Å². The Morgan fingerprint density at radius 1 is 0.921 bits per heavy atom. The average Bonchev–Trinajstić information content (AvgIpc) is 2.89.